The molecule has 0 fully saturated rings. The van der Waals surface area contributed by atoms with Gasteiger partial charge in [0.25, 0.3) is 0 Å². The Kier molecular flexibility index (Phi) is 2.89. The van der Waals surface area contributed by atoms with E-state index in [0.717, 1.165) is 29.6 Å². The molecule has 0 atom stereocenters. The van der Waals surface area contributed by atoms with Crippen molar-refractivity contribution in [1.82, 2.24) is 10.2 Å². The summed E-state index contributed by atoms with van der Waals surface area (Å²) in [5.74, 6) is 0. The molecule has 0 unspecified atom stereocenters. The third-order valence-corrected chi connectivity index (χ3v) is 1.98. The Morgan fingerprint density at radius 3 is 3.00 bits per heavy atom. The predicted octanol–water partition coefficient (Wildman–Crippen LogP) is 1.06. The second kappa shape index (κ2) is 3.73. The van der Waals surface area contributed by atoms with E-state index >= 15 is 0 Å². The maximum atomic E-state index is 5.35. The normalized spacial score (nSPS) is 10.2. The van der Waals surface area contributed by atoms with Crippen molar-refractivity contribution in [3.63, 3.8) is 0 Å². The van der Waals surface area contributed by atoms with Crippen molar-refractivity contribution in [2.24, 2.45) is 5.73 Å². The zero-order chi connectivity index (χ0) is 7.40. The molecule has 0 saturated carbocycles. The fourth-order valence-corrected chi connectivity index (χ4v) is 1.14. The van der Waals surface area contributed by atoms with E-state index in [1.165, 1.54) is 0 Å². The summed E-state index contributed by atoms with van der Waals surface area (Å²) in [4.78, 5) is 0. The smallest absolute Gasteiger partial charge is 0.0632 e. The molecule has 56 valence electrons. The zero-order valence-electron chi connectivity index (χ0n) is 5.60. The molecule has 1 rings (SSSR count). The van der Waals surface area contributed by atoms with Gasteiger partial charge >= 0.3 is 0 Å². The molecule has 0 radical (unpaired) electrons. The van der Waals surface area contributed by atoms with Crippen LogP contribution in [0.1, 0.15) is 12.1 Å². The topological polar surface area (TPSA) is 54.7 Å². The summed E-state index contributed by atoms with van der Waals surface area (Å²) in [5.41, 5.74) is 6.48. The van der Waals surface area contributed by atoms with Crippen LogP contribution in [0, 0.1) is 0 Å². The second-order valence-electron chi connectivity index (χ2n) is 2.09. The molecule has 0 bridgehead atoms. The first-order valence-electron chi connectivity index (χ1n) is 3.22. The van der Waals surface area contributed by atoms with Gasteiger partial charge in [0, 0.05) is 5.69 Å². The van der Waals surface area contributed by atoms with Crippen LogP contribution in [0.2, 0.25) is 0 Å². The summed E-state index contributed by atoms with van der Waals surface area (Å²) in [5, 5.41) is 6.75. The molecule has 3 N–H and O–H groups in total. The van der Waals surface area contributed by atoms with Gasteiger partial charge in [0.05, 0.1) is 10.7 Å². The minimum Gasteiger partial charge on any atom is -0.330 e. The van der Waals surface area contributed by atoms with Gasteiger partial charge in [0.15, 0.2) is 0 Å². The molecular formula is C6H10BrN3. The van der Waals surface area contributed by atoms with Crippen LogP contribution in [0.25, 0.3) is 0 Å². The Morgan fingerprint density at radius 1 is 1.70 bits per heavy atom. The van der Waals surface area contributed by atoms with Crippen LogP contribution in [0.3, 0.4) is 0 Å². The van der Waals surface area contributed by atoms with E-state index in [9.17, 15) is 0 Å². The minimum atomic E-state index is 0.728. The number of hydrogen-bond donors (Lipinski definition) is 2. The number of halogens is 1. The molecule has 1 aromatic heterocycles. The number of nitrogens with two attached hydrogens (primary N) is 1. The molecule has 0 aliphatic rings. The highest BCUT2D eigenvalue weighted by Gasteiger charge is 1.98. The molecule has 1 aromatic rings. The number of nitrogens with one attached hydrogen (secondary N) is 1. The predicted molar refractivity (Wildman–Crippen MR) is 43.7 cm³/mol. The lowest BCUT2D eigenvalue weighted by atomic mass is 10.2. The largest absolute Gasteiger partial charge is 0.330 e. The lowest BCUT2D eigenvalue weighted by Gasteiger charge is -1.93. The van der Waals surface area contributed by atoms with E-state index in [1.807, 2.05) is 0 Å². The molecule has 0 amide bonds. The first-order chi connectivity index (χ1) is 4.84. The van der Waals surface area contributed by atoms with Gasteiger partial charge in [-0.15, -0.1) is 0 Å². The number of nitrogens with zero attached hydrogens (tertiary/aromatic N) is 1. The molecular weight excluding hydrogens is 194 g/mol. The van der Waals surface area contributed by atoms with Gasteiger partial charge in [-0.1, -0.05) is 0 Å². The monoisotopic (exact) mass is 203 g/mol. The standard InChI is InChI=1S/C6H10BrN3/c7-5-4-9-10-6(5)2-1-3-8/h4H,1-3,8H2,(H,9,10). The Morgan fingerprint density at radius 2 is 2.50 bits per heavy atom. The number of hydrogen-bond acceptors (Lipinski definition) is 2. The summed E-state index contributed by atoms with van der Waals surface area (Å²) in [6.45, 7) is 0.728. The van der Waals surface area contributed by atoms with Gasteiger partial charge in [-0.25, -0.2) is 0 Å². The highest BCUT2D eigenvalue weighted by molar-refractivity contribution is 9.10. The first-order valence-corrected chi connectivity index (χ1v) is 4.01. The van der Waals surface area contributed by atoms with Crippen LogP contribution in [-0.4, -0.2) is 16.7 Å². The van der Waals surface area contributed by atoms with E-state index in [1.54, 1.807) is 6.20 Å². The number of aryl methyl sites for hydroxylation is 1. The Hall–Kier alpha value is -0.350. The number of rotatable bonds is 3. The molecule has 0 aliphatic carbocycles. The van der Waals surface area contributed by atoms with E-state index in [2.05, 4.69) is 26.1 Å². The third kappa shape index (κ3) is 1.82. The molecule has 10 heavy (non-hydrogen) atoms. The number of H-pyrrole nitrogens is 1. The quantitative estimate of drug-likeness (QED) is 0.773. The zero-order valence-corrected chi connectivity index (χ0v) is 7.19. The van der Waals surface area contributed by atoms with Crippen LogP contribution in [0.4, 0.5) is 0 Å². The minimum absolute atomic E-state index is 0.728. The maximum absolute atomic E-state index is 5.35. The molecule has 0 saturated heterocycles. The van der Waals surface area contributed by atoms with Gasteiger partial charge in [0.2, 0.25) is 0 Å². The molecule has 4 heteroatoms. The lowest BCUT2D eigenvalue weighted by molar-refractivity contribution is 0.801. The summed E-state index contributed by atoms with van der Waals surface area (Å²) < 4.78 is 1.04. The second-order valence-corrected chi connectivity index (χ2v) is 2.94. The van der Waals surface area contributed by atoms with E-state index in [4.69, 9.17) is 5.73 Å². The van der Waals surface area contributed by atoms with Crippen molar-refractivity contribution in [3.05, 3.63) is 16.4 Å². The maximum Gasteiger partial charge on any atom is 0.0632 e. The SMILES string of the molecule is NCCCc1[nH]ncc1Br. The van der Waals surface area contributed by atoms with Crippen molar-refractivity contribution in [3.8, 4) is 0 Å². The molecule has 1 heterocycles. The van der Waals surface area contributed by atoms with Gasteiger partial charge in [-0.3, -0.25) is 5.10 Å². The molecule has 3 nitrogen and oxygen atoms in total. The van der Waals surface area contributed by atoms with Crippen LogP contribution < -0.4 is 5.73 Å². The van der Waals surface area contributed by atoms with Crippen molar-refractivity contribution in [2.45, 2.75) is 12.8 Å². The van der Waals surface area contributed by atoms with Crippen molar-refractivity contribution >= 4 is 15.9 Å². The van der Waals surface area contributed by atoms with Gasteiger partial charge in [0.1, 0.15) is 0 Å². The fraction of sp³-hybridized carbons (Fsp3) is 0.500. The Labute approximate surface area is 68.1 Å². The number of aromatic amines is 1. The highest BCUT2D eigenvalue weighted by Crippen LogP contribution is 2.13. The summed E-state index contributed by atoms with van der Waals surface area (Å²) >= 11 is 3.36. The van der Waals surface area contributed by atoms with Gasteiger partial charge in [-0.05, 0) is 35.3 Å². The van der Waals surface area contributed by atoms with Crippen molar-refractivity contribution in [2.75, 3.05) is 6.54 Å². The van der Waals surface area contributed by atoms with Crippen LogP contribution in [0.15, 0.2) is 10.7 Å². The van der Waals surface area contributed by atoms with E-state index in [0.29, 0.717) is 0 Å². The van der Waals surface area contributed by atoms with Crippen molar-refractivity contribution in [1.29, 1.82) is 0 Å². The first kappa shape index (κ1) is 7.75. The van der Waals surface area contributed by atoms with Crippen molar-refractivity contribution < 1.29 is 0 Å². The molecule has 0 spiro atoms. The number of aromatic nitrogens is 2. The molecule has 0 aliphatic heterocycles. The Balaban J connectivity index is 2.49. The van der Waals surface area contributed by atoms with Gasteiger partial charge < -0.3 is 5.73 Å². The van der Waals surface area contributed by atoms with Crippen LogP contribution in [-0.2, 0) is 6.42 Å². The Bertz CT molecular complexity index is 197. The van der Waals surface area contributed by atoms with E-state index in [-0.39, 0.29) is 0 Å². The average Bonchev–Trinajstić information content (AvgIpc) is 2.31. The van der Waals surface area contributed by atoms with E-state index < -0.39 is 0 Å². The average molecular weight is 204 g/mol. The van der Waals surface area contributed by atoms with Crippen LogP contribution in [0.5, 0.6) is 0 Å². The molecule has 0 aromatic carbocycles. The third-order valence-electron chi connectivity index (χ3n) is 1.30. The van der Waals surface area contributed by atoms with Crippen LogP contribution >= 0.6 is 15.9 Å². The summed E-state index contributed by atoms with van der Waals surface area (Å²) in [6.07, 6.45) is 3.73. The summed E-state index contributed by atoms with van der Waals surface area (Å²) in [7, 11) is 0. The fourth-order valence-electron chi connectivity index (χ4n) is 0.752. The lowest BCUT2D eigenvalue weighted by Crippen LogP contribution is -2.00. The van der Waals surface area contributed by atoms with Gasteiger partial charge in [-0.2, -0.15) is 5.10 Å². The highest BCUT2D eigenvalue weighted by atomic mass is 79.9. The summed E-state index contributed by atoms with van der Waals surface area (Å²) in [6, 6.07) is 0.